The molecule has 0 heterocycles. The van der Waals surface area contributed by atoms with Gasteiger partial charge >= 0.3 is 0 Å². The molecule has 0 aromatic heterocycles. The standard InChI is InChI=1S/C10H12ClNO/c1-12(2)10(7-13)8-4-3-5-9(11)6-8/h3-7,10H,1-2H3. The Hall–Kier alpha value is -0.860. The van der Waals surface area contributed by atoms with Crippen molar-refractivity contribution in [2.45, 2.75) is 6.04 Å². The molecule has 0 aliphatic heterocycles. The van der Waals surface area contributed by atoms with Crippen molar-refractivity contribution in [2.24, 2.45) is 0 Å². The van der Waals surface area contributed by atoms with E-state index in [1.54, 1.807) is 12.1 Å². The maximum Gasteiger partial charge on any atom is 0.141 e. The van der Waals surface area contributed by atoms with Crippen LogP contribution in [0.15, 0.2) is 24.3 Å². The topological polar surface area (TPSA) is 20.3 Å². The SMILES string of the molecule is CN(C)C(C=O)c1cccc(Cl)c1. The van der Waals surface area contributed by atoms with Crippen molar-refractivity contribution < 1.29 is 4.79 Å². The van der Waals surface area contributed by atoms with Gasteiger partial charge in [-0.3, -0.25) is 4.90 Å². The maximum atomic E-state index is 10.8. The molecular formula is C10H12ClNO. The summed E-state index contributed by atoms with van der Waals surface area (Å²) >= 11 is 5.82. The average molecular weight is 198 g/mol. The van der Waals surface area contributed by atoms with Crippen LogP contribution in [0, 0.1) is 0 Å². The summed E-state index contributed by atoms with van der Waals surface area (Å²) in [5, 5.41) is 0.659. The van der Waals surface area contributed by atoms with Crippen LogP contribution in [0.4, 0.5) is 0 Å². The minimum Gasteiger partial charge on any atom is -0.301 e. The molecule has 13 heavy (non-hydrogen) atoms. The smallest absolute Gasteiger partial charge is 0.141 e. The van der Waals surface area contributed by atoms with Gasteiger partial charge in [0.2, 0.25) is 0 Å². The van der Waals surface area contributed by atoms with Gasteiger partial charge in [-0.2, -0.15) is 0 Å². The van der Waals surface area contributed by atoms with Crippen LogP contribution in [0.3, 0.4) is 0 Å². The van der Waals surface area contributed by atoms with Crippen molar-refractivity contribution in [2.75, 3.05) is 14.1 Å². The number of carbonyl (C=O) groups is 1. The van der Waals surface area contributed by atoms with Gasteiger partial charge in [-0.05, 0) is 31.8 Å². The van der Waals surface area contributed by atoms with Gasteiger partial charge in [0.25, 0.3) is 0 Å². The lowest BCUT2D eigenvalue weighted by molar-refractivity contribution is -0.111. The third-order valence-electron chi connectivity index (χ3n) is 1.88. The molecule has 1 rings (SSSR count). The number of hydrogen-bond acceptors (Lipinski definition) is 2. The fourth-order valence-corrected chi connectivity index (χ4v) is 1.39. The monoisotopic (exact) mass is 197 g/mol. The third kappa shape index (κ3) is 2.54. The number of hydrogen-bond donors (Lipinski definition) is 0. The number of benzene rings is 1. The van der Waals surface area contributed by atoms with Gasteiger partial charge in [-0.1, -0.05) is 23.7 Å². The molecule has 3 heteroatoms. The van der Waals surface area contributed by atoms with E-state index in [2.05, 4.69) is 0 Å². The molecule has 0 bridgehead atoms. The summed E-state index contributed by atoms with van der Waals surface area (Å²) in [7, 11) is 3.72. The Bertz CT molecular complexity index is 299. The van der Waals surface area contributed by atoms with Gasteiger partial charge < -0.3 is 4.79 Å². The zero-order valence-electron chi connectivity index (χ0n) is 7.70. The first-order chi connectivity index (χ1) is 6.15. The van der Waals surface area contributed by atoms with Crippen molar-refractivity contribution >= 4 is 17.9 Å². The summed E-state index contributed by atoms with van der Waals surface area (Å²) in [6.07, 6.45) is 0.908. The van der Waals surface area contributed by atoms with E-state index in [1.807, 2.05) is 31.1 Å². The second-order valence-electron chi connectivity index (χ2n) is 3.10. The Morgan fingerprint density at radius 1 is 1.46 bits per heavy atom. The third-order valence-corrected chi connectivity index (χ3v) is 2.11. The Labute approximate surface area is 83.1 Å². The second kappa shape index (κ2) is 4.40. The number of rotatable bonds is 3. The Morgan fingerprint density at radius 2 is 2.15 bits per heavy atom. The van der Waals surface area contributed by atoms with E-state index in [-0.39, 0.29) is 6.04 Å². The first kappa shape index (κ1) is 10.2. The highest BCUT2D eigenvalue weighted by Gasteiger charge is 2.12. The highest BCUT2D eigenvalue weighted by atomic mass is 35.5. The molecule has 0 fully saturated rings. The van der Waals surface area contributed by atoms with Gasteiger partial charge in [0.1, 0.15) is 6.29 Å². The summed E-state index contributed by atoms with van der Waals surface area (Å²) in [5.41, 5.74) is 0.924. The lowest BCUT2D eigenvalue weighted by Gasteiger charge is -2.18. The molecule has 0 saturated carbocycles. The molecule has 0 aliphatic carbocycles. The lowest BCUT2D eigenvalue weighted by atomic mass is 10.1. The first-order valence-corrected chi connectivity index (χ1v) is 4.40. The Kier molecular flexibility index (Phi) is 3.46. The fraction of sp³-hybridized carbons (Fsp3) is 0.300. The van der Waals surface area contributed by atoms with Gasteiger partial charge in [0.15, 0.2) is 0 Å². The number of carbonyl (C=O) groups excluding carboxylic acids is 1. The van der Waals surface area contributed by atoms with Crippen molar-refractivity contribution in [3.8, 4) is 0 Å². The summed E-state index contributed by atoms with van der Waals surface area (Å²) in [4.78, 5) is 12.6. The van der Waals surface area contributed by atoms with E-state index >= 15 is 0 Å². The van der Waals surface area contributed by atoms with Crippen LogP contribution in [-0.2, 0) is 4.79 Å². The van der Waals surface area contributed by atoms with Crippen molar-refractivity contribution in [1.29, 1.82) is 0 Å². The van der Waals surface area contributed by atoms with E-state index in [1.165, 1.54) is 0 Å². The number of halogens is 1. The first-order valence-electron chi connectivity index (χ1n) is 4.02. The summed E-state index contributed by atoms with van der Waals surface area (Å²) in [6, 6.07) is 7.13. The van der Waals surface area contributed by atoms with Gasteiger partial charge in [0.05, 0.1) is 6.04 Å². The van der Waals surface area contributed by atoms with E-state index in [9.17, 15) is 4.79 Å². The molecule has 1 atom stereocenters. The van der Waals surface area contributed by atoms with Crippen molar-refractivity contribution in [3.63, 3.8) is 0 Å². The Balaban J connectivity index is 2.98. The number of nitrogens with zero attached hydrogens (tertiary/aromatic N) is 1. The normalized spacial score (nSPS) is 12.9. The summed E-state index contributed by atoms with van der Waals surface area (Å²) in [6.45, 7) is 0. The predicted molar refractivity (Wildman–Crippen MR) is 53.9 cm³/mol. The maximum absolute atomic E-state index is 10.8. The van der Waals surface area contributed by atoms with Crippen LogP contribution in [0.1, 0.15) is 11.6 Å². The molecule has 70 valence electrons. The highest BCUT2D eigenvalue weighted by molar-refractivity contribution is 6.30. The summed E-state index contributed by atoms with van der Waals surface area (Å²) < 4.78 is 0. The molecule has 0 radical (unpaired) electrons. The molecule has 2 nitrogen and oxygen atoms in total. The minimum absolute atomic E-state index is 0.210. The highest BCUT2D eigenvalue weighted by Crippen LogP contribution is 2.19. The van der Waals surface area contributed by atoms with Crippen LogP contribution >= 0.6 is 11.6 Å². The molecule has 0 aliphatic rings. The van der Waals surface area contributed by atoms with Crippen molar-refractivity contribution in [3.05, 3.63) is 34.9 Å². The molecule has 0 saturated heterocycles. The quantitative estimate of drug-likeness (QED) is 0.692. The van der Waals surface area contributed by atoms with Crippen LogP contribution in [-0.4, -0.2) is 25.3 Å². The molecule has 0 amide bonds. The fourth-order valence-electron chi connectivity index (χ4n) is 1.19. The lowest BCUT2D eigenvalue weighted by Crippen LogP contribution is -2.20. The van der Waals surface area contributed by atoms with Crippen LogP contribution in [0.2, 0.25) is 5.02 Å². The second-order valence-corrected chi connectivity index (χ2v) is 3.54. The molecule has 1 unspecified atom stereocenters. The minimum atomic E-state index is -0.210. The van der Waals surface area contributed by atoms with Gasteiger partial charge in [0, 0.05) is 5.02 Å². The summed E-state index contributed by atoms with van der Waals surface area (Å²) in [5.74, 6) is 0. The largest absolute Gasteiger partial charge is 0.301 e. The number of likely N-dealkylation sites (N-methyl/N-ethyl adjacent to an activating group) is 1. The van der Waals surface area contributed by atoms with Gasteiger partial charge in [-0.15, -0.1) is 0 Å². The van der Waals surface area contributed by atoms with Crippen LogP contribution < -0.4 is 0 Å². The van der Waals surface area contributed by atoms with Gasteiger partial charge in [-0.25, -0.2) is 0 Å². The Morgan fingerprint density at radius 3 is 2.62 bits per heavy atom. The van der Waals surface area contributed by atoms with Crippen LogP contribution in [0.5, 0.6) is 0 Å². The van der Waals surface area contributed by atoms with Crippen molar-refractivity contribution in [1.82, 2.24) is 4.90 Å². The zero-order valence-corrected chi connectivity index (χ0v) is 8.45. The van der Waals surface area contributed by atoms with E-state index in [4.69, 9.17) is 11.6 Å². The zero-order chi connectivity index (χ0) is 9.84. The molecule has 0 spiro atoms. The number of aldehydes is 1. The molecule has 1 aromatic rings. The van der Waals surface area contributed by atoms with Crippen LogP contribution in [0.25, 0.3) is 0 Å². The molecule has 1 aromatic carbocycles. The van der Waals surface area contributed by atoms with E-state index in [0.717, 1.165) is 11.8 Å². The van der Waals surface area contributed by atoms with E-state index in [0.29, 0.717) is 5.02 Å². The average Bonchev–Trinajstić information content (AvgIpc) is 2.04. The predicted octanol–water partition coefficient (Wildman–Crippen LogP) is 2.14. The molecular weight excluding hydrogens is 186 g/mol. The van der Waals surface area contributed by atoms with E-state index < -0.39 is 0 Å². The molecule has 0 N–H and O–H groups in total.